The van der Waals surface area contributed by atoms with E-state index in [9.17, 15) is 0 Å². The Labute approximate surface area is 70.9 Å². The van der Waals surface area contributed by atoms with Gasteiger partial charge in [0.2, 0.25) is 0 Å². The van der Waals surface area contributed by atoms with Gasteiger partial charge < -0.3 is 16.9 Å². The normalized spacial score (nSPS) is 9.10. The van der Waals surface area contributed by atoms with E-state index in [1.165, 1.54) is 0 Å². The Bertz CT molecular complexity index is 190. The highest BCUT2D eigenvalue weighted by Crippen LogP contribution is 2.13. The first-order valence-corrected chi connectivity index (χ1v) is 3.27. The quantitative estimate of drug-likeness (QED) is 0.521. The van der Waals surface area contributed by atoms with Crippen molar-refractivity contribution in [1.29, 1.82) is 0 Å². The summed E-state index contributed by atoms with van der Waals surface area (Å²) >= 11 is 5.58. The van der Waals surface area contributed by atoms with Crippen molar-refractivity contribution in [1.82, 2.24) is 5.16 Å². The highest BCUT2D eigenvalue weighted by atomic mass is 35.5. The molecule has 0 N–H and O–H groups in total. The van der Waals surface area contributed by atoms with E-state index in [1.807, 2.05) is 13.8 Å². The van der Waals surface area contributed by atoms with Gasteiger partial charge in [-0.2, -0.15) is 0 Å². The van der Waals surface area contributed by atoms with Crippen LogP contribution in [0, 0.1) is 13.8 Å². The van der Waals surface area contributed by atoms with Gasteiger partial charge in [0.05, 0.1) is 11.6 Å². The van der Waals surface area contributed by atoms with E-state index in [-0.39, 0.29) is 12.4 Å². The van der Waals surface area contributed by atoms with Gasteiger partial charge in [0.15, 0.2) is 0 Å². The maximum atomic E-state index is 5.58. The minimum atomic E-state index is 0. The summed E-state index contributed by atoms with van der Waals surface area (Å²) in [6.07, 6.45) is 0. The fourth-order valence-electron chi connectivity index (χ4n) is 0.693. The second-order valence-electron chi connectivity index (χ2n) is 1.94. The molecule has 10 heavy (non-hydrogen) atoms. The van der Waals surface area contributed by atoms with Crippen molar-refractivity contribution in [3.05, 3.63) is 17.0 Å². The Balaban J connectivity index is 0.000000810. The Hall–Kier alpha value is -0.210. The van der Waals surface area contributed by atoms with Gasteiger partial charge in [-0.15, -0.1) is 11.6 Å². The van der Waals surface area contributed by atoms with Gasteiger partial charge in [-0.1, -0.05) is 5.16 Å². The number of aromatic nitrogens is 1. The van der Waals surface area contributed by atoms with Gasteiger partial charge in [-0.25, -0.2) is 0 Å². The molecule has 0 aliphatic rings. The molecule has 4 heteroatoms. The minimum Gasteiger partial charge on any atom is -1.00 e. The molecule has 0 aliphatic heterocycles. The number of halogens is 2. The lowest BCUT2D eigenvalue weighted by molar-refractivity contribution is -0.00000244. The molecule has 0 radical (unpaired) electrons. The lowest BCUT2D eigenvalue weighted by atomic mass is 10.2. The zero-order chi connectivity index (χ0) is 6.85. The molecular weight excluding hydrogens is 173 g/mol. The van der Waals surface area contributed by atoms with Crippen molar-refractivity contribution < 1.29 is 16.9 Å². The first-order chi connectivity index (χ1) is 4.25. The van der Waals surface area contributed by atoms with E-state index in [2.05, 4.69) is 5.16 Å². The van der Waals surface area contributed by atoms with Crippen LogP contribution in [0.2, 0.25) is 0 Å². The fraction of sp³-hybridized carbons (Fsp3) is 0.500. The number of nitrogens with zero attached hydrogens (tertiary/aromatic N) is 1. The minimum absolute atomic E-state index is 0. The third kappa shape index (κ3) is 1.64. The molecule has 0 fully saturated rings. The SMILES string of the molecule is Cc1noc(C)c1CCl.[Cl-]. The maximum absolute atomic E-state index is 5.58. The van der Waals surface area contributed by atoms with Crippen molar-refractivity contribution in [2.24, 2.45) is 0 Å². The molecule has 2 nitrogen and oxygen atoms in total. The van der Waals surface area contributed by atoms with Crippen molar-refractivity contribution >= 4 is 11.6 Å². The molecule has 0 atom stereocenters. The van der Waals surface area contributed by atoms with Crippen molar-refractivity contribution in [3.63, 3.8) is 0 Å². The fourth-order valence-corrected chi connectivity index (χ4v) is 1.07. The van der Waals surface area contributed by atoms with Crippen LogP contribution in [0.3, 0.4) is 0 Å². The van der Waals surface area contributed by atoms with Gasteiger partial charge in [-0.05, 0) is 13.8 Å². The predicted octanol–water partition coefficient (Wildman–Crippen LogP) is -0.966. The van der Waals surface area contributed by atoms with Crippen LogP contribution in [-0.4, -0.2) is 5.16 Å². The Morgan fingerprint density at radius 3 is 2.30 bits per heavy atom. The summed E-state index contributed by atoms with van der Waals surface area (Å²) in [7, 11) is 0. The molecule has 0 amide bonds. The summed E-state index contributed by atoms with van der Waals surface area (Å²) < 4.78 is 4.85. The van der Waals surface area contributed by atoms with Crippen LogP contribution in [0.15, 0.2) is 4.52 Å². The van der Waals surface area contributed by atoms with Crippen LogP contribution in [0.1, 0.15) is 17.0 Å². The number of hydrogen-bond donors (Lipinski definition) is 0. The number of alkyl halides is 1. The van der Waals surface area contributed by atoms with E-state index < -0.39 is 0 Å². The van der Waals surface area contributed by atoms with Crippen LogP contribution >= 0.6 is 11.6 Å². The summed E-state index contributed by atoms with van der Waals surface area (Å²) in [5.41, 5.74) is 1.90. The van der Waals surface area contributed by atoms with E-state index in [4.69, 9.17) is 16.1 Å². The van der Waals surface area contributed by atoms with Crippen molar-refractivity contribution in [3.8, 4) is 0 Å². The van der Waals surface area contributed by atoms with E-state index in [0.717, 1.165) is 17.0 Å². The van der Waals surface area contributed by atoms with Crippen LogP contribution < -0.4 is 12.4 Å². The first kappa shape index (κ1) is 9.79. The maximum Gasteiger partial charge on any atom is 0.138 e. The molecule has 0 aliphatic carbocycles. The zero-order valence-electron chi connectivity index (χ0n) is 5.82. The van der Waals surface area contributed by atoms with E-state index >= 15 is 0 Å². The van der Waals surface area contributed by atoms with Gasteiger partial charge >= 0.3 is 0 Å². The smallest absolute Gasteiger partial charge is 0.138 e. The van der Waals surface area contributed by atoms with E-state index in [1.54, 1.807) is 0 Å². The lowest BCUT2D eigenvalue weighted by Crippen LogP contribution is -3.00. The van der Waals surface area contributed by atoms with Crippen LogP contribution in [0.25, 0.3) is 0 Å². The third-order valence-corrected chi connectivity index (χ3v) is 1.58. The average Bonchev–Trinajstić information content (AvgIpc) is 2.12. The second-order valence-corrected chi connectivity index (χ2v) is 2.20. The second kappa shape index (κ2) is 3.84. The van der Waals surface area contributed by atoms with E-state index in [0.29, 0.717) is 5.88 Å². The Morgan fingerprint density at radius 2 is 2.10 bits per heavy atom. The highest BCUT2D eigenvalue weighted by Gasteiger charge is 2.05. The van der Waals surface area contributed by atoms with Crippen LogP contribution in [-0.2, 0) is 5.88 Å². The molecule has 1 rings (SSSR count). The van der Waals surface area contributed by atoms with Crippen molar-refractivity contribution in [2.75, 3.05) is 0 Å². The Morgan fingerprint density at radius 1 is 1.50 bits per heavy atom. The molecule has 0 bridgehead atoms. The van der Waals surface area contributed by atoms with Gasteiger partial charge in [0, 0.05) is 5.56 Å². The predicted molar refractivity (Wildman–Crippen MR) is 35.5 cm³/mol. The highest BCUT2D eigenvalue weighted by molar-refractivity contribution is 6.17. The monoisotopic (exact) mass is 180 g/mol. The molecule has 0 spiro atoms. The summed E-state index contributed by atoms with van der Waals surface area (Å²) in [5.74, 6) is 1.31. The van der Waals surface area contributed by atoms with Crippen LogP contribution in [0.5, 0.6) is 0 Å². The molecule has 0 unspecified atom stereocenters. The Kier molecular flexibility index (Phi) is 3.76. The lowest BCUT2D eigenvalue weighted by Gasteiger charge is -1.86. The molecule has 1 aromatic heterocycles. The molecule has 58 valence electrons. The standard InChI is InChI=1S/C6H8ClNO.ClH/c1-4-6(3-7)5(2)9-8-4;/h3H2,1-2H3;1H/p-1. The summed E-state index contributed by atoms with van der Waals surface area (Å²) in [5, 5.41) is 3.73. The summed E-state index contributed by atoms with van der Waals surface area (Å²) in [6.45, 7) is 3.74. The number of hydrogen-bond acceptors (Lipinski definition) is 2. The largest absolute Gasteiger partial charge is 1.00 e. The zero-order valence-corrected chi connectivity index (χ0v) is 7.33. The topological polar surface area (TPSA) is 26.0 Å². The van der Waals surface area contributed by atoms with Gasteiger partial charge in [0.1, 0.15) is 5.76 Å². The summed E-state index contributed by atoms with van der Waals surface area (Å²) in [4.78, 5) is 0. The molecule has 1 aromatic rings. The van der Waals surface area contributed by atoms with Gasteiger partial charge in [0.25, 0.3) is 0 Å². The number of aryl methyl sites for hydroxylation is 2. The summed E-state index contributed by atoms with van der Waals surface area (Å²) in [6, 6.07) is 0. The van der Waals surface area contributed by atoms with Crippen LogP contribution in [0.4, 0.5) is 0 Å². The first-order valence-electron chi connectivity index (χ1n) is 2.73. The molecule has 1 heterocycles. The number of rotatable bonds is 1. The third-order valence-electron chi connectivity index (χ3n) is 1.31. The van der Waals surface area contributed by atoms with Gasteiger partial charge in [-0.3, -0.25) is 0 Å². The van der Waals surface area contributed by atoms with Crippen molar-refractivity contribution in [2.45, 2.75) is 19.7 Å². The molecule has 0 saturated heterocycles. The average molecular weight is 181 g/mol. The molecular formula is C6H8Cl2NO-. The molecule has 0 saturated carbocycles. The molecule has 0 aromatic carbocycles.